The molecule has 3 aromatic carbocycles. The molecular weight excluding hydrogens is 534 g/mol. The molecule has 0 saturated carbocycles. The Hall–Kier alpha value is -4.21. The van der Waals surface area contributed by atoms with Gasteiger partial charge in [-0.25, -0.2) is 4.79 Å². The molecule has 42 heavy (non-hydrogen) atoms. The summed E-state index contributed by atoms with van der Waals surface area (Å²) in [6.45, 7) is 1.31. The fraction of sp³-hybridized carbons (Fsp3) is 0.364. The number of rotatable bonds is 11. The summed E-state index contributed by atoms with van der Waals surface area (Å²) in [6.07, 6.45) is 0.295. The summed E-state index contributed by atoms with van der Waals surface area (Å²) in [4.78, 5) is 40.5. The second-order valence-corrected chi connectivity index (χ2v) is 11.2. The first-order valence-corrected chi connectivity index (χ1v) is 14.3. The summed E-state index contributed by atoms with van der Waals surface area (Å²) in [5, 5.41) is 15.4. The van der Waals surface area contributed by atoms with Crippen molar-refractivity contribution in [1.82, 2.24) is 15.5 Å². The molecule has 9 heteroatoms. The molecule has 2 amide bonds. The number of carbonyl (C=O) groups is 3. The summed E-state index contributed by atoms with van der Waals surface area (Å²) < 4.78 is 11.1. The predicted molar refractivity (Wildman–Crippen MR) is 158 cm³/mol. The van der Waals surface area contributed by atoms with Gasteiger partial charge in [0.25, 0.3) is 0 Å². The van der Waals surface area contributed by atoms with Gasteiger partial charge < -0.3 is 25.2 Å². The van der Waals surface area contributed by atoms with Crippen LogP contribution in [0.25, 0.3) is 11.1 Å². The van der Waals surface area contributed by atoms with Crippen LogP contribution in [0.15, 0.2) is 78.9 Å². The van der Waals surface area contributed by atoms with E-state index in [1.165, 1.54) is 0 Å². The van der Waals surface area contributed by atoms with Crippen molar-refractivity contribution in [1.29, 1.82) is 0 Å². The second-order valence-electron chi connectivity index (χ2n) is 11.2. The molecule has 220 valence electrons. The number of nitrogens with one attached hydrogen (secondary N) is 2. The topological polar surface area (TPSA) is 117 Å². The zero-order chi connectivity index (χ0) is 29.5. The lowest BCUT2D eigenvalue weighted by Crippen LogP contribution is -2.55. The molecule has 0 aromatic heterocycles. The molecule has 3 N–H and O–H groups in total. The number of alkyl carbamates (subject to hydrolysis) is 1. The van der Waals surface area contributed by atoms with Gasteiger partial charge in [-0.3, -0.25) is 14.5 Å². The monoisotopic (exact) mass is 571 g/mol. The van der Waals surface area contributed by atoms with Crippen LogP contribution in [-0.4, -0.2) is 74.0 Å². The SMILES string of the molecule is CN(Cc1ccccc1)CC(NC(=O)OCC1c2ccccc2-c2ccccc21)C(=O)NCC1(C(=O)O)CCCOC1. The number of nitrogens with zero attached hydrogens (tertiary/aromatic N) is 1. The Labute approximate surface area is 245 Å². The first kappa shape index (κ1) is 29.3. The molecule has 0 bridgehead atoms. The zero-order valence-electron chi connectivity index (χ0n) is 23.8. The predicted octanol–water partition coefficient (Wildman–Crippen LogP) is 4.02. The third-order valence-corrected chi connectivity index (χ3v) is 8.12. The number of hydrogen-bond acceptors (Lipinski definition) is 6. The summed E-state index contributed by atoms with van der Waals surface area (Å²) in [6, 6.07) is 25.0. The van der Waals surface area contributed by atoms with Crippen LogP contribution < -0.4 is 10.6 Å². The van der Waals surface area contributed by atoms with Crippen LogP contribution in [0.2, 0.25) is 0 Å². The summed E-state index contributed by atoms with van der Waals surface area (Å²) in [5.74, 6) is -1.60. The van der Waals surface area contributed by atoms with E-state index in [1.807, 2.05) is 78.7 Å². The molecule has 1 fully saturated rings. The largest absolute Gasteiger partial charge is 0.481 e. The molecule has 1 saturated heterocycles. The number of likely N-dealkylation sites (N-methyl/N-ethyl adjacent to an activating group) is 1. The number of ether oxygens (including phenoxy) is 2. The summed E-state index contributed by atoms with van der Waals surface area (Å²) in [7, 11) is 1.86. The quantitative estimate of drug-likeness (QED) is 0.318. The Bertz CT molecular complexity index is 1360. The highest BCUT2D eigenvalue weighted by Crippen LogP contribution is 2.44. The molecule has 3 aromatic rings. The number of amides is 2. The Morgan fingerprint density at radius 3 is 2.26 bits per heavy atom. The molecule has 1 aliphatic carbocycles. The van der Waals surface area contributed by atoms with Crippen LogP contribution in [0, 0.1) is 5.41 Å². The van der Waals surface area contributed by atoms with Gasteiger partial charge in [-0.2, -0.15) is 0 Å². The van der Waals surface area contributed by atoms with Crippen molar-refractivity contribution < 1.29 is 29.0 Å². The van der Waals surface area contributed by atoms with E-state index in [0.717, 1.165) is 27.8 Å². The molecule has 1 aliphatic heterocycles. The lowest BCUT2D eigenvalue weighted by molar-refractivity contribution is -0.157. The zero-order valence-corrected chi connectivity index (χ0v) is 23.8. The van der Waals surface area contributed by atoms with Crippen LogP contribution in [0.3, 0.4) is 0 Å². The third-order valence-electron chi connectivity index (χ3n) is 8.12. The molecule has 1 heterocycles. The Morgan fingerprint density at radius 1 is 1.00 bits per heavy atom. The highest BCUT2D eigenvalue weighted by Gasteiger charge is 2.41. The maximum absolute atomic E-state index is 13.4. The van der Waals surface area contributed by atoms with Crippen molar-refractivity contribution in [3.05, 3.63) is 95.6 Å². The minimum absolute atomic E-state index is 0.0288. The van der Waals surface area contributed by atoms with Gasteiger partial charge in [0.1, 0.15) is 18.1 Å². The van der Waals surface area contributed by atoms with Gasteiger partial charge in [-0.1, -0.05) is 78.9 Å². The van der Waals surface area contributed by atoms with Crippen molar-refractivity contribution in [2.45, 2.75) is 31.3 Å². The van der Waals surface area contributed by atoms with Gasteiger partial charge in [-0.05, 0) is 47.7 Å². The summed E-state index contributed by atoms with van der Waals surface area (Å²) in [5.41, 5.74) is 4.30. The Balaban J connectivity index is 1.26. The van der Waals surface area contributed by atoms with Gasteiger partial charge in [0, 0.05) is 32.2 Å². The minimum atomic E-state index is -1.20. The van der Waals surface area contributed by atoms with Crippen molar-refractivity contribution >= 4 is 18.0 Å². The number of fused-ring (bicyclic) bond motifs is 3. The van der Waals surface area contributed by atoms with Crippen LogP contribution >= 0.6 is 0 Å². The maximum atomic E-state index is 13.4. The van der Waals surface area contributed by atoms with E-state index in [4.69, 9.17) is 9.47 Å². The minimum Gasteiger partial charge on any atom is -0.481 e. The van der Waals surface area contributed by atoms with Crippen molar-refractivity contribution in [2.75, 3.05) is 40.0 Å². The third kappa shape index (κ3) is 6.64. The van der Waals surface area contributed by atoms with Crippen molar-refractivity contribution in [2.24, 2.45) is 5.41 Å². The van der Waals surface area contributed by atoms with Gasteiger partial charge >= 0.3 is 12.1 Å². The van der Waals surface area contributed by atoms with Crippen molar-refractivity contribution in [3.63, 3.8) is 0 Å². The van der Waals surface area contributed by atoms with Gasteiger partial charge in [0.15, 0.2) is 0 Å². The molecule has 2 unspecified atom stereocenters. The highest BCUT2D eigenvalue weighted by molar-refractivity contribution is 5.87. The van der Waals surface area contributed by atoms with E-state index < -0.39 is 29.4 Å². The van der Waals surface area contributed by atoms with Crippen LogP contribution in [0.4, 0.5) is 4.79 Å². The average molecular weight is 572 g/mol. The molecule has 0 radical (unpaired) electrons. The molecular formula is C33H37N3O6. The molecule has 2 aliphatic rings. The number of aliphatic carboxylic acids is 1. The second kappa shape index (κ2) is 13.2. The van der Waals surface area contributed by atoms with E-state index in [9.17, 15) is 19.5 Å². The fourth-order valence-electron chi connectivity index (χ4n) is 5.86. The smallest absolute Gasteiger partial charge is 0.407 e. The molecule has 0 spiro atoms. The standard InChI is InChI=1S/C33H37N3O6/c1-36(18-23-10-3-2-4-11-23)19-29(30(37)34-21-33(31(38)39)16-9-17-41-22-33)35-32(40)42-20-28-26-14-7-5-12-24(26)25-13-6-8-15-27(25)28/h2-8,10-15,28-29H,9,16-22H2,1H3,(H,34,37)(H,35,40)(H,38,39). The molecule has 5 rings (SSSR count). The average Bonchev–Trinajstić information content (AvgIpc) is 3.33. The number of carbonyl (C=O) groups excluding carboxylic acids is 2. The van der Waals surface area contributed by atoms with E-state index in [-0.39, 0.29) is 32.2 Å². The number of hydrogen-bond donors (Lipinski definition) is 3. The van der Waals surface area contributed by atoms with Gasteiger partial charge in [0.2, 0.25) is 5.91 Å². The van der Waals surface area contributed by atoms with E-state index in [2.05, 4.69) is 22.8 Å². The van der Waals surface area contributed by atoms with E-state index in [1.54, 1.807) is 0 Å². The normalized spacial score (nSPS) is 18.5. The maximum Gasteiger partial charge on any atom is 0.407 e. The summed E-state index contributed by atoms with van der Waals surface area (Å²) >= 11 is 0. The number of carboxylic acids is 1. The van der Waals surface area contributed by atoms with Gasteiger partial charge in [0.05, 0.1) is 6.61 Å². The van der Waals surface area contributed by atoms with E-state index >= 15 is 0 Å². The Morgan fingerprint density at radius 2 is 1.64 bits per heavy atom. The van der Waals surface area contributed by atoms with Crippen molar-refractivity contribution in [3.8, 4) is 11.1 Å². The van der Waals surface area contributed by atoms with Crippen LogP contribution in [0.5, 0.6) is 0 Å². The number of benzene rings is 3. The fourth-order valence-corrected chi connectivity index (χ4v) is 5.86. The van der Waals surface area contributed by atoms with Crippen LogP contribution in [-0.2, 0) is 25.6 Å². The lowest BCUT2D eigenvalue weighted by atomic mass is 9.82. The Kier molecular flexibility index (Phi) is 9.19. The first-order valence-electron chi connectivity index (χ1n) is 14.3. The lowest BCUT2D eigenvalue weighted by Gasteiger charge is -2.33. The molecule has 2 atom stereocenters. The van der Waals surface area contributed by atoms with Gasteiger partial charge in [-0.15, -0.1) is 0 Å². The van der Waals surface area contributed by atoms with E-state index in [0.29, 0.717) is 26.0 Å². The number of carboxylic acid groups (broad SMARTS) is 1. The highest BCUT2D eigenvalue weighted by atomic mass is 16.5. The van der Waals surface area contributed by atoms with Crippen LogP contribution in [0.1, 0.15) is 35.4 Å². The molecule has 9 nitrogen and oxygen atoms in total. The first-order chi connectivity index (χ1) is 20.4.